The molecule has 0 saturated carbocycles. The molecular weight excluding hydrogens is 264 g/mol. The average molecular weight is 286 g/mol. The van der Waals surface area contributed by atoms with E-state index >= 15 is 0 Å². The summed E-state index contributed by atoms with van der Waals surface area (Å²) in [4.78, 5) is 20.9. The largest absolute Gasteiger partial charge is 0.335 e. The first-order valence-electron chi connectivity index (χ1n) is 7.18. The van der Waals surface area contributed by atoms with Crippen LogP contribution in [0.1, 0.15) is 29.8 Å². The highest BCUT2D eigenvalue weighted by Crippen LogP contribution is 2.16. The van der Waals surface area contributed by atoms with Crippen molar-refractivity contribution in [2.45, 2.75) is 25.9 Å². The second-order valence-electron chi connectivity index (χ2n) is 5.54. The first-order valence-corrected chi connectivity index (χ1v) is 7.18. The monoisotopic (exact) mass is 286 g/mol. The molecule has 2 N–H and O–H groups in total. The minimum absolute atomic E-state index is 0.0192. The molecule has 1 aliphatic rings. The molecular formula is C16H22N4O. The van der Waals surface area contributed by atoms with Crippen molar-refractivity contribution in [1.29, 1.82) is 0 Å². The molecule has 1 aromatic rings. The fourth-order valence-corrected chi connectivity index (χ4v) is 2.53. The molecule has 0 bridgehead atoms. The van der Waals surface area contributed by atoms with Crippen molar-refractivity contribution in [2.24, 2.45) is 5.73 Å². The Kier molecular flexibility index (Phi) is 4.94. The number of carbonyl (C=O) groups excluding carboxylic acids is 1. The van der Waals surface area contributed by atoms with Crippen LogP contribution < -0.4 is 5.73 Å². The third-order valence-electron chi connectivity index (χ3n) is 3.97. The molecule has 1 saturated heterocycles. The molecule has 5 nitrogen and oxygen atoms in total. The van der Waals surface area contributed by atoms with Gasteiger partial charge in [0.25, 0.3) is 5.91 Å². The molecule has 1 aromatic heterocycles. The summed E-state index contributed by atoms with van der Waals surface area (Å²) in [6.07, 6.45) is 3.25. The molecule has 1 amide bonds. The van der Waals surface area contributed by atoms with Crippen molar-refractivity contribution >= 4 is 5.91 Å². The van der Waals surface area contributed by atoms with Gasteiger partial charge in [-0.1, -0.05) is 11.8 Å². The Morgan fingerprint density at radius 3 is 2.67 bits per heavy atom. The van der Waals surface area contributed by atoms with E-state index in [0.29, 0.717) is 24.2 Å². The van der Waals surface area contributed by atoms with Crippen molar-refractivity contribution in [3.63, 3.8) is 0 Å². The molecule has 5 heteroatoms. The molecule has 2 unspecified atom stereocenters. The van der Waals surface area contributed by atoms with Crippen LogP contribution in [0, 0.1) is 11.8 Å². The highest BCUT2D eigenvalue weighted by atomic mass is 16.2. The number of rotatable bonds is 1. The molecule has 0 aromatic carbocycles. The van der Waals surface area contributed by atoms with Gasteiger partial charge in [-0.15, -0.1) is 0 Å². The summed E-state index contributed by atoms with van der Waals surface area (Å²) < 4.78 is 0. The zero-order valence-electron chi connectivity index (χ0n) is 12.8. The number of nitrogens with two attached hydrogens (primary N) is 1. The summed E-state index contributed by atoms with van der Waals surface area (Å²) >= 11 is 0. The molecule has 2 heterocycles. The minimum atomic E-state index is 0.0192. The highest BCUT2D eigenvalue weighted by Gasteiger charge is 2.29. The van der Waals surface area contributed by atoms with Crippen molar-refractivity contribution in [3.8, 4) is 11.8 Å². The average Bonchev–Trinajstić information content (AvgIpc) is 2.49. The molecule has 0 radical (unpaired) electrons. The smallest absolute Gasteiger partial charge is 0.255 e. The molecule has 1 aliphatic heterocycles. The van der Waals surface area contributed by atoms with Crippen molar-refractivity contribution < 1.29 is 4.79 Å². The zero-order chi connectivity index (χ0) is 15.4. The predicted molar refractivity (Wildman–Crippen MR) is 82.8 cm³/mol. The van der Waals surface area contributed by atoms with Gasteiger partial charge in [0.05, 0.1) is 12.1 Å². The first kappa shape index (κ1) is 15.5. The number of hydrogen-bond donors (Lipinski definition) is 1. The Balaban J connectivity index is 2.16. The maximum Gasteiger partial charge on any atom is 0.255 e. The Labute approximate surface area is 126 Å². The van der Waals surface area contributed by atoms with Crippen LogP contribution in [-0.4, -0.2) is 59.5 Å². The SMILES string of the molecule is CC1CN(C(=O)c2cncc(C#CCN)c2)CC(C)N1C. The quantitative estimate of drug-likeness (QED) is 0.766. The van der Waals surface area contributed by atoms with Crippen LogP contribution in [0.15, 0.2) is 18.5 Å². The lowest BCUT2D eigenvalue weighted by Crippen LogP contribution is -2.56. The summed E-state index contributed by atoms with van der Waals surface area (Å²) in [5, 5.41) is 0. The van der Waals surface area contributed by atoms with Crippen molar-refractivity contribution in [3.05, 3.63) is 29.6 Å². The van der Waals surface area contributed by atoms with Crippen molar-refractivity contribution in [2.75, 3.05) is 26.7 Å². The van der Waals surface area contributed by atoms with Crippen LogP contribution in [0.2, 0.25) is 0 Å². The lowest BCUT2D eigenvalue weighted by atomic mass is 10.1. The van der Waals surface area contributed by atoms with E-state index < -0.39 is 0 Å². The maximum absolute atomic E-state index is 12.6. The molecule has 2 atom stereocenters. The number of piperazine rings is 1. The third-order valence-corrected chi connectivity index (χ3v) is 3.97. The van der Waals surface area contributed by atoms with Gasteiger partial charge in [-0.05, 0) is 27.0 Å². The minimum Gasteiger partial charge on any atom is -0.335 e. The second kappa shape index (κ2) is 6.70. The zero-order valence-corrected chi connectivity index (χ0v) is 12.8. The first-order chi connectivity index (χ1) is 10.0. The van der Waals surface area contributed by atoms with Crippen molar-refractivity contribution in [1.82, 2.24) is 14.8 Å². The molecule has 0 spiro atoms. The molecule has 1 fully saturated rings. The number of amides is 1. The van der Waals surface area contributed by atoms with Gasteiger partial charge in [-0.3, -0.25) is 14.7 Å². The molecule has 112 valence electrons. The number of pyridine rings is 1. The number of hydrogen-bond acceptors (Lipinski definition) is 4. The van der Waals surface area contributed by atoms with Gasteiger partial charge in [0.2, 0.25) is 0 Å². The third kappa shape index (κ3) is 3.60. The van der Waals surface area contributed by atoms with E-state index in [1.165, 1.54) is 0 Å². The fraction of sp³-hybridized carbons (Fsp3) is 0.500. The van der Waals surface area contributed by atoms with Gasteiger partial charge in [0, 0.05) is 43.1 Å². The van der Waals surface area contributed by atoms with Gasteiger partial charge in [0.1, 0.15) is 0 Å². The van der Waals surface area contributed by atoms with E-state index in [1.54, 1.807) is 18.5 Å². The van der Waals surface area contributed by atoms with Crippen LogP contribution >= 0.6 is 0 Å². The number of carbonyl (C=O) groups is 1. The van der Waals surface area contributed by atoms with E-state index in [2.05, 4.69) is 42.6 Å². The Morgan fingerprint density at radius 1 is 1.38 bits per heavy atom. The summed E-state index contributed by atoms with van der Waals surface area (Å²) in [6.45, 7) is 6.04. The van der Waals surface area contributed by atoms with Gasteiger partial charge >= 0.3 is 0 Å². The van der Waals surface area contributed by atoms with Gasteiger partial charge in [-0.2, -0.15) is 0 Å². The van der Waals surface area contributed by atoms with Crippen LogP contribution in [0.5, 0.6) is 0 Å². The van der Waals surface area contributed by atoms with E-state index in [4.69, 9.17) is 5.73 Å². The predicted octanol–water partition coefficient (Wildman–Crippen LogP) is 0.556. The Hall–Kier alpha value is -1.90. The Bertz CT molecular complexity index is 563. The lowest BCUT2D eigenvalue weighted by molar-refractivity contribution is 0.0414. The highest BCUT2D eigenvalue weighted by molar-refractivity contribution is 5.94. The summed E-state index contributed by atoms with van der Waals surface area (Å²) in [7, 11) is 2.10. The van der Waals surface area contributed by atoms with E-state index in [0.717, 1.165) is 18.7 Å². The van der Waals surface area contributed by atoms with E-state index in [1.807, 2.05) is 4.90 Å². The summed E-state index contributed by atoms with van der Waals surface area (Å²) in [5.74, 6) is 5.71. The number of nitrogens with zero attached hydrogens (tertiary/aromatic N) is 3. The van der Waals surface area contributed by atoms with E-state index in [9.17, 15) is 4.79 Å². The lowest BCUT2D eigenvalue weighted by Gasteiger charge is -2.42. The normalized spacial score (nSPS) is 22.6. The topological polar surface area (TPSA) is 62.5 Å². The van der Waals surface area contributed by atoms with Gasteiger partial charge < -0.3 is 10.6 Å². The molecule has 2 rings (SSSR count). The summed E-state index contributed by atoms with van der Waals surface area (Å²) in [6, 6.07) is 2.49. The van der Waals surface area contributed by atoms with Gasteiger partial charge in [-0.25, -0.2) is 0 Å². The second-order valence-corrected chi connectivity index (χ2v) is 5.54. The van der Waals surface area contributed by atoms with Gasteiger partial charge in [0.15, 0.2) is 0 Å². The maximum atomic E-state index is 12.6. The van der Waals surface area contributed by atoms with Crippen LogP contribution in [0.25, 0.3) is 0 Å². The van der Waals surface area contributed by atoms with Crippen LogP contribution in [-0.2, 0) is 0 Å². The standard InChI is InChI=1S/C16H22N4O/c1-12-10-20(11-13(2)19(12)3)16(21)15-7-14(5-4-6-17)8-18-9-15/h7-9,12-13H,6,10-11,17H2,1-3H3. The number of aromatic nitrogens is 1. The van der Waals surface area contributed by atoms with Crippen LogP contribution in [0.4, 0.5) is 0 Å². The molecule has 0 aliphatic carbocycles. The van der Waals surface area contributed by atoms with Crippen LogP contribution in [0.3, 0.4) is 0 Å². The fourth-order valence-electron chi connectivity index (χ4n) is 2.53. The summed E-state index contributed by atoms with van der Waals surface area (Å²) in [5.41, 5.74) is 6.67. The number of likely N-dealkylation sites (N-methyl/N-ethyl adjacent to an activating group) is 1. The molecule has 21 heavy (non-hydrogen) atoms. The Morgan fingerprint density at radius 2 is 2.05 bits per heavy atom. The van der Waals surface area contributed by atoms with E-state index in [-0.39, 0.29) is 5.91 Å².